The molecule has 0 amide bonds. The molecular formula is C11H22O5. The van der Waals surface area contributed by atoms with Gasteiger partial charge in [0.1, 0.15) is 6.61 Å². The minimum Gasteiger partial charge on any atom is -0.480 e. The molecule has 0 spiro atoms. The Labute approximate surface area is 96.7 Å². The van der Waals surface area contributed by atoms with E-state index in [1.165, 1.54) is 0 Å². The Bertz CT molecular complexity index is 197. The van der Waals surface area contributed by atoms with Crippen molar-refractivity contribution in [3.05, 3.63) is 0 Å². The maximum absolute atomic E-state index is 10.1. The van der Waals surface area contributed by atoms with E-state index < -0.39 is 5.97 Å². The summed E-state index contributed by atoms with van der Waals surface area (Å²) in [6, 6.07) is 0. The second kappa shape index (κ2) is 7.60. The molecule has 0 aliphatic rings. The van der Waals surface area contributed by atoms with E-state index in [1.807, 2.05) is 27.7 Å². The zero-order valence-electron chi connectivity index (χ0n) is 10.5. The van der Waals surface area contributed by atoms with Crippen LogP contribution in [0.15, 0.2) is 0 Å². The summed E-state index contributed by atoms with van der Waals surface area (Å²) in [6.45, 7) is 8.76. The fourth-order valence-electron chi connectivity index (χ4n) is 1.16. The summed E-state index contributed by atoms with van der Waals surface area (Å²) in [5.74, 6) is -0.968. The van der Waals surface area contributed by atoms with Gasteiger partial charge in [-0.15, -0.1) is 0 Å². The van der Waals surface area contributed by atoms with Crippen molar-refractivity contribution >= 4 is 5.97 Å². The minimum absolute atomic E-state index is 0.0134. The van der Waals surface area contributed by atoms with Crippen molar-refractivity contribution in [3.63, 3.8) is 0 Å². The number of hydrogen-bond donors (Lipinski definition) is 1. The average molecular weight is 234 g/mol. The van der Waals surface area contributed by atoms with Crippen LogP contribution >= 0.6 is 0 Å². The lowest BCUT2D eigenvalue weighted by Gasteiger charge is -2.24. The molecule has 0 rings (SSSR count). The van der Waals surface area contributed by atoms with Gasteiger partial charge in [-0.05, 0) is 27.7 Å². The van der Waals surface area contributed by atoms with Crippen LogP contribution in [-0.4, -0.2) is 49.2 Å². The molecule has 0 aromatic heterocycles. The predicted octanol–water partition coefficient (Wildman–Crippen LogP) is 1.31. The highest BCUT2D eigenvalue weighted by molar-refractivity contribution is 5.67. The predicted molar refractivity (Wildman–Crippen MR) is 59.6 cm³/mol. The Hall–Kier alpha value is -0.650. The second-order valence-electron chi connectivity index (χ2n) is 4.56. The molecule has 5 nitrogen and oxygen atoms in total. The number of carbonyl (C=O) groups is 1. The summed E-state index contributed by atoms with van der Waals surface area (Å²) >= 11 is 0. The van der Waals surface area contributed by atoms with Gasteiger partial charge in [-0.25, -0.2) is 4.79 Å². The molecule has 96 valence electrons. The van der Waals surface area contributed by atoms with Crippen molar-refractivity contribution in [2.24, 2.45) is 0 Å². The summed E-state index contributed by atoms with van der Waals surface area (Å²) in [4.78, 5) is 10.1. The maximum Gasteiger partial charge on any atom is 0.329 e. The molecule has 1 N–H and O–H groups in total. The Morgan fingerprint density at radius 3 is 2.31 bits per heavy atom. The lowest BCUT2D eigenvalue weighted by molar-refractivity contribution is -0.143. The van der Waals surface area contributed by atoms with Gasteiger partial charge in [0.05, 0.1) is 31.5 Å². The van der Waals surface area contributed by atoms with Gasteiger partial charge in [-0.3, -0.25) is 0 Å². The number of aliphatic carboxylic acids is 1. The van der Waals surface area contributed by atoms with Crippen molar-refractivity contribution in [2.45, 2.75) is 39.4 Å². The van der Waals surface area contributed by atoms with Crippen molar-refractivity contribution in [1.82, 2.24) is 0 Å². The van der Waals surface area contributed by atoms with Crippen LogP contribution in [0.1, 0.15) is 27.7 Å². The highest BCUT2D eigenvalue weighted by Gasteiger charge is 2.14. The van der Waals surface area contributed by atoms with Crippen LogP contribution in [0.4, 0.5) is 0 Å². The first-order chi connectivity index (χ1) is 7.31. The normalized spacial score (nSPS) is 13.8. The van der Waals surface area contributed by atoms with E-state index in [1.54, 1.807) is 0 Å². The van der Waals surface area contributed by atoms with E-state index in [0.29, 0.717) is 13.2 Å². The molecule has 16 heavy (non-hydrogen) atoms. The highest BCUT2D eigenvalue weighted by atomic mass is 16.6. The summed E-state index contributed by atoms with van der Waals surface area (Å²) in [6.07, 6.45) is 0.0134. The molecule has 1 unspecified atom stereocenters. The van der Waals surface area contributed by atoms with Crippen LogP contribution in [0.2, 0.25) is 0 Å². The molecular weight excluding hydrogens is 212 g/mol. The van der Waals surface area contributed by atoms with Crippen LogP contribution in [0.3, 0.4) is 0 Å². The zero-order valence-corrected chi connectivity index (χ0v) is 10.5. The second-order valence-corrected chi connectivity index (χ2v) is 4.56. The summed E-state index contributed by atoms with van der Waals surface area (Å²) in [7, 11) is 0. The Balaban J connectivity index is 3.35. The van der Waals surface area contributed by atoms with Gasteiger partial charge in [0.15, 0.2) is 0 Å². The minimum atomic E-state index is -0.968. The van der Waals surface area contributed by atoms with E-state index in [9.17, 15) is 4.79 Å². The van der Waals surface area contributed by atoms with Gasteiger partial charge in [0.2, 0.25) is 0 Å². The monoisotopic (exact) mass is 234 g/mol. The number of ether oxygens (including phenoxy) is 3. The molecule has 0 saturated carbocycles. The Kier molecular flexibility index (Phi) is 7.29. The van der Waals surface area contributed by atoms with Crippen molar-refractivity contribution in [3.8, 4) is 0 Å². The van der Waals surface area contributed by atoms with E-state index >= 15 is 0 Å². The molecule has 0 radical (unpaired) electrons. The highest BCUT2D eigenvalue weighted by Crippen LogP contribution is 2.10. The largest absolute Gasteiger partial charge is 0.480 e. The fraction of sp³-hybridized carbons (Fsp3) is 0.909. The molecule has 0 heterocycles. The van der Waals surface area contributed by atoms with Crippen LogP contribution in [0.25, 0.3) is 0 Å². The van der Waals surface area contributed by atoms with Gasteiger partial charge >= 0.3 is 5.97 Å². The molecule has 0 bridgehead atoms. The van der Waals surface area contributed by atoms with E-state index in [0.717, 1.165) is 0 Å². The maximum atomic E-state index is 10.1. The Morgan fingerprint density at radius 1 is 1.25 bits per heavy atom. The summed E-state index contributed by atoms with van der Waals surface area (Å²) in [5, 5.41) is 8.30. The van der Waals surface area contributed by atoms with E-state index in [2.05, 4.69) is 0 Å². The topological polar surface area (TPSA) is 65.0 Å². The third-order valence-electron chi connectivity index (χ3n) is 1.50. The molecule has 0 aliphatic heterocycles. The molecule has 5 heteroatoms. The van der Waals surface area contributed by atoms with Crippen molar-refractivity contribution in [1.29, 1.82) is 0 Å². The number of rotatable bonds is 8. The standard InChI is InChI=1S/C11H22O5/c1-9(16-11(2,3)4)7-14-5-6-15-8-10(12)13/h9H,5-8H2,1-4H3,(H,12,13). The molecule has 0 aromatic rings. The lowest BCUT2D eigenvalue weighted by Crippen LogP contribution is -2.29. The van der Waals surface area contributed by atoms with Crippen LogP contribution in [0.5, 0.6) is 0 Å². The van der Waals surface area contributed by atoms with Gasteiger partial charge in [-0.2, -0.15) is 0 Å². The molecule has 0 aliphatic carbocycles. The van der Waals surface area contributed by atoms with E-state index in [4.69, 9.17) is 19.3 Å². The number of carboxylic acid groups (broad SMARTS) is 1. The van der Waals surface area contributed by atoms with Crippen LogP contribution in [0, 0.1) is 0 Å². The SMILES string of the molecule is CC(COCCOCC(=O)O)OC(C)(C)C. The Morgan fingerprint density at radius 2 is 1.81 bits per heavy atom. The molecule has 0 fully saturated rings. The van der Waals surface area contributed by atoms with E-state index in [-0.39, 0.29) is 24.9 Å². The third kappa shape index (κ3) is 11.4. The smallest absolute Gasteiger partial charge is 0.329 e. The van der Waals surface area contributed by atoms with Gasteiger partial charge in [-0.1, -0.05) is 0 Å². The molecule has 0 aromatic carbocycles. The average Bonchev–Trinajstić information content (AvgIpc) is 2.07. The number of hydrogen-bond acceptors (Lipinski definition) is 4. The molecule has 0 saturated heterocycles. The summed E-state index contributed by atoms with van der Waals surface area (Å²) in [5.41, 5.74) is -0.178. The van der Waals surface area contributed by atoms with Gasteiger partial charge in [0.25, 0.3) is 0 Å². The fourth-order valence-corrected chi connectivity index (χ4v) is 1.16. The van der Waals surface area contributed by atoms with Gasteiger partial charge < -0.3 is 19.3 Å². The quantitative estimate of drug-likeness (QED) is 0.641. The molecule has 1 atom stereocenters. The van der Waals surface area contributed by atoms with Crippen LogP contribution in [-0.2, 0) is 19.0 Å². The third-order valence-corrected chi connectivity index (χ3v) is 1.50. The number of carboxylic acids is 1. The zero-order chi connectivity index (χ0) is 12.6. The van der Waals surface area contributed by atoms with Crippen molar-refractivity contribution in [2.75, 3.05) is 26.4 Å². The first-order valence-electron chi connectivity index (χ1n) is 5.36. The lowest BCUT2D eigenvalue weighted by atomic mass is 10.2. The summed E-state index contributed by atoms with van der Waals surface area (Å²) < 4.78 is 15.7. The first kappa shape index (κ1) is 15.3. The van der Waals surface area contributed by atoms with Crippen LogP contribution < -0.4 is 0 Å². The van der Waals surface area contributed by atoms with Gasteiger partial charge in [0, 0.05) is 0 Å². The first-order valence-corrected chi connectivity index (χ1v) is 5.36. The van der Waals surface area contributed by atoms with Crippen molar-refractivity contribution < 1.29 is 24.1 Å².